The van der Waals surface area contributed by atoms with Crippen LogP contribution in [-0.4, -0.2) is 23.7 Å². The largest absolute Gasteiger partial charge is 0.394 e. The molecule has 0 aromatic heterocycles. The molecule has 1 fully saturated rings. The Balaban J connectivity index is 0.000000458. The average Bonchev–Trinajstić information content (AvgIpc) is 2.63. The lowest BCUT2D eigenvalue weighted by Gasteiger charge is -2.24. The van der Waals surface area contributed by atoms with Gasteiger partial charge in [-0.2, -0.15) is 0 Å². The molecule has 2 atom stereocenters. The first-order valence-corrected chi connectivity index (χ1v) is 10.4. The molecule has 2 unspecified atom stereocenters. The number of carbonyl (C=O) groups excluding carboxylic acids is 1. The van der Waals surface area contributed by atoms with Crippen molar-refractivity contribution < 1.29 is 9.53 Å². The van der Waals surface area contributed by atoms with Gasteiger partial charge in [0.05, 0.1) is 23.0 Å². The van der Waals surface area contributed by atoms with E-state index in [1.807, 2.05) is 20.8 Å². The molecule has 0 radical (unpaired) electrons. The summed E-state index contributed by atoms with van der Waals surface area (Å²) in [6.07, 6.45) is 17.2. The minimum atomic E-state index is -0.0532. The second-order valence-electron chi connectivity index (χ2n) is 6.24. The molecule has 2 aliphatic carbocycles. The third-order valence-electron chi connectivity index (χ3n) is 4.07. The Morgan fingerprint density at radius 2 is 1.92 bits per heavy atom. The Hall–Kier alpha value is -1.00. The normalized spacial score (nSPS) is 20.6. The molecule has 1 saturated carbocycles. The molecule has 0 aromatic rings. The van der Waals surface area contributed by atoms with E-state index in [0.29, 0.717) is 17.1 Å². The van der Waals surface area contributed by atoms with Crippen molar-refractivity contribution in [1.82, 2.24) is 0 Å². The number of carbonyl (C=O) groups is 1. The van der Waals surface area contributed by atoms with Crippen LogP contribution in [0.5, 0.6) is 0 Å². The van der Waals surface area contributed by atoms with Gasteiger partial charge in [0.2, 0.25) is 0 Å². The van der Waals surface area contributed by atoms with Gasteiger partial charge in [-0.25, -0.2) is 0 Å². The minimum Gasteiger partial charge on any atom is -0.394 e. The van der Waals surface area contributed by atoms with E-state index in [1.165, 1.54) is 43.9 Å². The van der Waals surface area contributed by atoms with E-state index in [4.69, 9.17) is 10.5 Å². The number of rotatable bonds is 6. The van der Waals surface area contributed by atoms with Gasteiger partial charge in [0.25, 0.3) is 0 Å². The molecule has 0 amide bonds. The van der Waals surface area contributed by atoms with Gasteiger partial charge in [0, 0.05) is 5.92 Å². The zero-order valence-electron chi connectivity index (χ0n) is 16.5. The summed E-state index contributed by atoms with van der Waals surface area (Å²) in [5.41, 5.74) is 5.25. The topological polar surface area (TPSA) is 52.3 Å². The van der Waals surface area contributed by atoms with Gasteiger partial charge in [-0.3, -0.25) is 4.79 Å². The monoisotopic (exact) mass is 367 g/mol. The number of ether oxygens (including phenoxy) is 1. The molecule has 4 heteroatoms. The van der Waals surface area contributed by atoms with Gasteiger partial charge < -0.3 is 10.5 Å². The van der Waals surface area contributed by atoms with Gasteiger partial charge in [-0.05, 0) is 33.1 Å². The standard InChI is InChI=1S/C13H20O.C6H11NOS.C2H6/c1-3-7-12(8-4-1)11-14-13-9-5-2-6-10-13;1-4(8)5(2)9-6(3)7;1-2/h1,3-4,7,12-13H,2,5-6,8-11H2;5H,3,7H2,1-2H3;1-2H3. The first-order chi connectivity index (χ1) is 12.0. The van der Waals surface area contributed by atoms with E-state index in [-0.39, 0.29) is 11.0 Å². The highest BCUT2D eigenvalue weighted by Crippen LogP contribution is 2.22. The molecule has 2 aliphatic rings. The molecule has 0 aromatic carbocycles. The number of Topliss-reactive ketones (excluding diaryl/α,β-unsaturated/α-hetero) is 1. The van der Waals surface area contributed by atoms with Crippen LogP contribution in [0.2, 0.25) is 0 Å². The third kappa shape index (κ3) is 12.9. The summed E-state index contributed by atoms with van der Waals surface area (Å²) in [6, 6.07) is 0. The number of hydrogen-bond acceptors (Lipinski definition) is 4. The summed E-state index contributed by atoms with van der Waals surface area (Å²) in [4.78, 5) is 10.6. The molecule has 144 valence electrons. The molecular formula is C21H37NO2S. The van der Waals surface area contributed by atoms with Crippen LogP contribution in [-0.2, 0) is 9.53 Å². The van der Waals surface area contributed by atoms with Crippen molar-refractivity contribution in [3.63, 3.8) is 0 Å². The highest BCUT2D eigenvalue weighted by atomic mass is 32.2. The Bertz CT molecular complexity index is 426. The van der Waals surface area contributed by atoms with Crippen molar-refractivity contribution in [1.29, 1.82) is 0 Å². The van der Waals surface area contributed by atoms with Crippen LogP contribution in [0.3, 0.4) is 0 Å². The molecule has 0 bridgehead atoms. The summed E-state index contributed by atoms with van der Waals surface area (Å²) in [6.45, 7) is 11.7. The number of thioether (sulfide) groups is 1. The summed E-state index contributed by atoms with van der Waals surface area (Å²) < 4.78 is 5.94. The molecule has 25 heavy (non-hydrogen) atoms. The minimum absolute atomic E-state index is 0.0532. The fourth-order valence-electron chi connectivity index (χ4n) is 2.56. The van der Waals surface area contributed by atoms with Crippen LogP contribution < -0.4 is 5.73 Å². The van der Waals surface area contributed by atoms with Crippen LogP contribution in [0.25, 0.3) is 0 Å². The predicted molar refractivity (Wildman–Crippen MR) is 112 cm³/mol. The zero-order valence-corrected chi connectivity index (χ0v) is 17.3. The van der Waals surface area contributed by atoms with E-state index >= 15 is 0 Å². The van der Waals surface area contributed by atoms with E-state index in [2.05, 4.69) is 30.9 Å². The quantitative estimate of drug-likeness (QED) is 0.662. The molecule has 2 N–H and O–H groups in total. The van der Waals surface area contributed by atoms with E-state index < -0.39 is 0 Å². The first-order valence-electron chi connectivity index (χ1n) is 9.55. The molecule has 0 spiro atoms. The highest BCUT2D eigenvalue weighted by molar-refractivity contribution is 8.04. The number of nitrogens with two attached hydrogens (primary N) is 1. The van der Waals surface area contributed by atoms with Crippen molar-refractivity contribution in [2.24, 2.45) is 11.7 Å². The first kappa shape index (κ1) is 24.0. The van der Waals surface area contributed by atoms with Crippen LogP contribution in [0.15, 0.2) is 35.9 Å². The molecule has 0 saturated heterocycles. The van der Waals surface area contributed by atoms with Gasteiger partial charge >= 0.3 is 0 Å². The van der Waals surface area contributed by atoms with Gasteiger partial charge in [-0.15, -0.1) is 0 Å². The van der Waals surface area contributed by atoms with Crippen molar-refractivity contribution >= 4 is 17.5 Å². The summed E-state index contributed by atoms with van der Waals surface area (Å²) >= 11 is 1.30. The Morgan fingerprint density at radius 3 is 2.36 bits per heavy atom. The number of hydrogen-bond donors (Lipinski definition) is 1. The second-order valence-corrected chi connectivity index (χ2v) is 7.71. The molecule has 3 nitrogen and oxygen atoms in total. The average molecular weight is 368 g/mol. The summed E-state index contributed by atoms with van der Waals surface area (Å²) in [7, 11) is 0. The van der Waals surface area contributed by atoms with Crippen molar-refractivity contribution in [2.45, 2.75) is 77.6 Å². The van der Waals surface area contributed by atoms with Crippen LogP contribution in [0.1, 0.15) is 66.2 Å². The highest BCUT2D eigenvalue weighted by Gasteiger charge is 2.15. The van der Waals surface area contributed by atoms with E-state index in [1.54, 1.807) is 6.92 Å². The molecule has 2 rings (SSSR count). The van der Waals surface area contributed by atoms with Gasteiger partial charge in [0.1, 0.15) is 5.78 Å². The molecule has 0 aliphatic heterocycles. The van der Waals surface area contributed by atoms with E-state index in [0.717, 1.165) is 13.0 Å². The second kappa shape index (κ2) is 15.3. The van der Waals surface area contributed by atoms with Crippen LogP contribution >= 0.6 is 11.8 Å². The zero-order chi connectivity index (χ0) is 19.1. The fraction of sp³-hybridized carbons (Fsp3) is 0.667. The maximum absolute atomic E-state index is 10.6. The maximum atomic E-state index is 10.6. The smallest absolute Gasteiger partial charge is 0.142 e. The summed E-state index contributed by atoms with van der Waals surface area (Å²) in [5.74, 6) is 0.758. The lowest BCUT2D eigenvalue weighted by atomic mass is 9.97. The van der Waals surface area contributed by atoms with Crippen LogP contribution in [0, 0.1) is 5.92 Å². The third-order valence-corrected chi connectivity index (χ3v) is 5.06. The number of allylic oxidation sites excluding steroid dienone is 3. The molecular weight excluding hydrogens is 330 g/mol. The van der Waals surface area contributed by atoms with Gasteiger partial charge in [0.15, 0.2) is 0 Å². The predicted octanol–water partition coefficient (Wildman–Crippen LogP) is 5.62. The van der Waals surface area contributed by atoms with Gasteiger partial charge in [-0.1, -0.05) is 75.8 Å². The van der Waals surface area contributed by atoms with Crippen molar-refractivity contribution in [3.8, 4) is 0 Å². The van der Waals surface area contributed by atoms with Crippen molar-refractivity contribution in [3.05, 3.63) is 35.9 Å². The fourth-order valence-corrected chi connectivity index (χ4v) is 3.18. The maximum Gasteiger partial charge on any atom is 0.142 e. The lowest BCUT2D eigenvalue weighted by Crippen LogP contribution is -2.20. The van der Waals surface area contributed by atoms with E-state index in [9.17, 15) is 4.79 Å². The Kier molecular flexibility index (Phi) is 14.7. The van der Waals surface area contributed by atoms with Crippen molar-refractivity contribution in [2.75, 3.05) is 6.61 Å². The Labute approximate surface area is 159 Å². The lowest BCUT2D eigenvalue weighted by molar-refractivity contribution is -0.116. The Morgan fingerprint density at radius 1 is 1.28 bits per heavy atom. The number of ketones is 1. The summed E-state index contributed by atoms with van der Waals surface area (Å²) in [5, 5.41) is 0.445. The molecule has 0 heterocycles. The SMILES string of the molecule is C1=CCC(COC2CCCCC2)C=C1.C=C(N)SC(C)C(C)=O.CC. The van der Waals surface area contributed by atoms with Crippen LogP contribution in [0.4, 0.5) is 0 Å².